The molecule has 1 aromatic carbocycles. The van der Waals surface area contributed by atoms with Crippen molar-refractivity contribution in [2.45, 2.75) is 33.2 Å². The van der Waals surface area contributed by atoms with E-state index in [-0.39, 0.29) is 5.56 Å². The average Bonchev–Trinajstić information content (AvgIpc) is 2.95. The predicted molar refractivity (Wildman–Crippen MR) is 107 cm³/mol. The number of hydrogen-bond donors (Lipinski definition) is 1. The van der Waals surface area contributed by atoms with Crippen LogP contribution in [0.25, 0.3) is 21.9 Å². The van der Waals surface area contributed by atoms with Crippen LogP contribution in [0.5, 0.6) is 0 Å². The summed E-state index contributed by atoms with van der Waals surface area (Å²) in [4.78, 5) is 23.1. The fourth-order valence-corrected chi connectivity index (χ4v) is 4.53. The third-order valence-corrected chi connectivity index (χ3v) is 5.59. The Bertz CT molecular complexity index is 983. The SMILES string of the molecule is C[C@@H]1C[C@H](C)CN(CCCn2cnc3c([nH]c4ccc(Cl)cc43)c2=O)C1. The summed E-state index contributed by atoms with van der Waals surface area (Å²) in [6.07, 6.45) is 3.94. The monoisotopic (exact) mass is 372 g/mol. The predicted octanol–water partition coefficient (Wildman–Crippen LogP) is 3.90. The van der Waals surface area contributed by atoms with E-state index in [1.807, 2.05) is 18.2 Å². The highest BCUT2D eigenvalue weighted by Gasteiger charge is 2.21. The van der Waals surface area contributed by atoms with E-state index < -0.39 is 0 Å². The molecule has 0 radical (unpaired) electrons. The molecule has 3 aromatic rings. The minimum Gasteiger partial charge on any atom is -0.349 e. The highest BCUT2D eigenvalue weighted by atomic mass is 35.5. The van der Waals surface area contributed by atoms with Crippen LogP contribution in [-0.2, 0) is 6.54 Å². The molecule has 0 amide bonds. The van der Waals surface area contributed by atoms with Crippen molar-refractivity contribution in [1.29, 1.82) is 0 Å². The molecule has 3 heterocycles. The van der Waals surface area contributed by atoms with Gasteiger partial charge < -0.3 is 9.88 Å². The molecule has 2 aromatic heterocycles. The molecule has 5 nitrogen and oxygen atoms in total. The lowest BCUT2D eigenvalue weighted by atomic mass is 9.92. The molecule has 0 saturated carbocycles. The van der Waals surface area contributed by atoms with Crippen molar-refractivity contribution in [3.63, 3.8) is 0 Å². The van der Waals surface area contributed by atoms with Gasteiger partial charge in [-0.1, -0.05) is 25.4 Å². The van der Waals surface area contributed by atoms with Gasteiger partial charge in [0.25, 0.3) is 5.56 Å². The van der Waals surface area contributed by atoms with Gasteiger partial charge in [0.05, 0.1) is 6.33 Å². The number of nitrogens with zero attached hydrogens (tertiary/aromatic N) is 3. The number of aromatic amines is 1. The van der Waals surface area contributed by atoms with Crippen LogP contribution < -0.4 is 5.56 Å². The Morgan fingerprint density at radius 1 is 1.23 bits per heavy atom. The summed E-state index contributed by atoms with van der Waals surface area (Å²) < 4.78 is 1.72. The molecule has 4 rings (SSSR count). The molecule has 1 aliphatic heterocycles. The van der Waals surface area contributed by atoms with E-state index in [0.717, 1.165) is 35.7 Å². The first-order valence-corrected chi connectivity index (χ1v) is 9.78. The van der Waals surface area contributed by atoms with E-state index in [1.165, 1.54) is 19.5 Å². The summed E-state index contributed by atoms with van der Waals surface area (Å²) in [5, 5.41) is 1.54. The lowest BCUT2D eigenvalue weighted by Gasteiger charge is -2.34. The number of nitrogens with one attached hydrogen (secondary N) is 1. The van der Waals surface area contributed by atoms with Gasteiger partial charge in [0, 0.05) is 35.6 Å². The van der Waals surface area contributed by atoms with Gasteiger partial charge in [-0.2, -0.15) is 0 Å². The zero-order chi connectivity index (χ0) is 18.3. The van der Waals surface area contributed by atoms with E-state index in [0.29, 0.717) is 22.6 Å². The summed E-state index contributed by atoms with van der Waals surface area (Å²) >= 11 is 6.08. The second kappa shape index (κ2) is 7.05. The number of likely N-dealkylation sites (tertiary alicyclic amines) is 1. The average molecular weight is 373 g/mol. The minimum absolute atomic E-state index is 0.0114. The van der Waals surface area contributed by atoms with Crippen LogP contribution in [0.4, 0.5) is 0 Å². The lowest BCUT2D eigenvalue weighted by Crippen LogP contribution is -2.39. The summed E-state index contributed by atoms with van der Waals surface area (Å²) in [5.74, 6) is 1.52. The van der Waals surface area contributed by atoms with Crippen LogP contribution in [0.15, 0.2) is 29.3 Å². The Balaban J connectivity index is 1.51. The van der Waals surface area contributed by atoms with E-state index in [4.69, 9.17) is 11.6 Å². The van der Waals surface area contributed by atoms with Gasteiger partial charge in [0.15, 0.2) is 0 Å². The molecule has 0 unspecified atom stereocenters. The van der Waals surface area contributed by atoms with Gasteiger partial charge in [0.1, 0.15) is 11.0 Å². The van der Waals surface area contributed by atoms with Crippen LogP contribution in [0.3, 0.4) is 0 Å². The minimum atomic E-state index is -0.0114. The van der Waals surface area contributed by atoms with E-state index >= 15 is 0 Å². The number of aromatic nitrogens is 3. The molecule has 0 spiro atoms. The van der Waals surface area contributed by atoms with Crippen molar-refractivity contribution in [2.75, 3.05) is 19.6 Å². The third-order valence-electron chi connectivity index (χ3n) is 5.35. The lowest BCUT2D eigenvalue weighted by molar-refractivity contribution is 0.138. The molecule has 1 aliphatic rings. The van der Waals surface area contributed by atoms with Crippen LogP contribution in [0.1, 0.15) is 26.7 Å². The smallest absolute Gasteiger partial charge is 0.277 e. The van der Waals surface area contributed by atoms with Crippen molar-refractivity contribution in [2.24, 2.45) is 11.8 Å². The first-order valence-electron chi connectivity index (χ1n) is 9.40. The second-order valence-electron chi connectivity index (χ2n) is 7.84. The maximum Gasteiger partial charge on any atom is 0.277 e. The van der Waals surface area contributed by atoms with E-state index in [2.05, 4.69) is 28.7 Å². The normalized spacial score (nSPS) is 21.7. The third kappa shape index (κ3) is 3.38. The largest absolute Gasteiger partial charge is 0.349 e. The van der Waals surface area contributed by atoms with Crippen LogP contribution in [-0.4, -0.2) is 39.1 Å². The molecule has 26 heavy (non-hydrogen) atoms. The molecule has 2 atom stereocenters. The van der Waals surface area contributed by atoms with E-state index in [9.17, 15) is 4.79 Å². The number of aryl methyl sites for hydroxylation is 1. The van der Waals surface area contributed by atoms with Gasteiger partial charge in [-0.05, 0) is 49.4 Å². The number of rotatable bonds is 4. The van der Waals surface area contributed by atoms with Crippen molar-refractivity contribution in [1.82, 2.24) is 19.4 Å². The number of benzene rings is 1. The fourth-order valence-electron chi connectivity index (χ4n) is 4.36. The summed E-state index contributed by atoms with van der Waals surface area (Å²) in [6, 6.07) is 5.56. The summed E-state index contributed by atoms with van der Waals surface area (Å²) in [5.41, 5.74) is 2.14. The van der Waals surface area contributed by atoms with Crippen molar-refractivity contribution in [3.8, 4) is 0 Å². The maximum absolute atomic E-state index is 12.8. The molecule has 0 bridgehead atoms. The Morgan fingerprint density at radius 3 is 2.77 bits per heavy atom. The highest BCUT2D eigenvalue weighted by Crippen LogP contribution is 2.24. The van der Waals surface area contributed by atoms with Gasteiger partial charge >= 0.3 is 0 Å². The Kier molecular flexibility index (Phi) is 4.76. The fraction of sp³-hybridized carbons (Fsp3) is 0.500. The van der Waals surface area contributed by atoms with Gasteiger partial charge in [-0.3, -0.25) is 9.36 Å². The maximum atomic E-state index is 12.8. The second-order valence-corrected chi connectivity index (χ2v) is 8.28. The number of fused-ring (bicyclic) bond motifs is 3. The Morgan fingerprint density at radius 2 is 2.00 bits per heavy atom. The van der Waals surface area contributed by atoms with Crippen molar-refractivity contribution < 1.29 is 0 Å². The number of halogens is 1. The first-order chi connectivity index (χ1) is 12.5. The molecule has 138 valence electrons. The zero-order valence-corrected chi connectivity index (χ0v) is 16.1. The number of H-pyrrole nitrogens is 1. The first kappa shape index (κ1) is 17.6. The zero-order valence-electron chi connectivity index (χ0n) is 15.3. The molecule has 1 saturated heterocycles. The molecule has 1 N–H and O–H groups in total. The number of piperidine rings is 1. The van der Waals surface area contributed by atoms with E-state index in [1.54, 1.807) is 10.9 Å². The standard InChI is InChI=1S/C20H25ClN4O/c1-13-8-14(2)11-24(10-13)6-3-7-25-12-22-18-16-9-15(21)4-5-17(16)23-19(18)20(25)26/h4-5,9,12-14,23H,3,6-8,10-11H2,1-2H3/t13-,14+. The van der Waals surface area contributed by atoms with Crippen molar-refractivity contribution in [3.05, 3.63) is 39.9 Å². The quantitative estimate of drug-likeness (QED) is 0.755. The van der Waals surface area contributed by atoms with Gasteiger partial charge in [-0.15, -0.1) is 0 Å². The van der Waals surface area contributed by atoms with Crippen LogP contribution in [0, 0.1) is 11.8 Å². The van der Waals surface area contributed by atoms with Crippen LogP contribution in [0.2, 0.25) is 5.02 Å². The van der Waals surface area contributed by atoms with Gasteiger partial charge in [0.2, 0.25) is 0 Å². The topological polar surface area (TPSA) is 53.9 Å². The summed E-state index contributed by atoms with van der Waals surface area (Å²) in [7, 11) is 0. The highest BCUT2D eigenvalue weighted by molar-refractivity contribution is 6.31. The Labute approximate surface area is 158 Å². The summed E-state index contributed by atoms with van der Waals surface area (Å²) in [6.45, 7) is 8.71. The van der Waals surface area contributed by atoms with Crippen LogP contribution >= 0.6 is 11.6 Å². The molecular weight excluding hydrogens is 348 g/mol. The van der Waals surface area contributed by atoms with Gasteiger partial charge in [-0.25, -0.2) is 4.98 Å². The molecule has 0 aliphatic carbocycles. The molecular formula is C20H25ClN4O. The van der Waals surface area contributed by atoms with Crippen molar-refractivity contribution >= 4 is 33.5 Å². The molecule has 6 heteroatoms. The molecule has 1 fully saturated rings. The number of hydrogen-bond acceptors (Lipinski definition) is 3. The Hall–Kier alpha value is -1.85.